The van der Waals surface area contributed by atoms with Gasteiger partial charge in [-0.25, -0.2) is 4.98 Å². The lowest BCUT2D eigenvalue weighted by Crippen LogP contribution is -2.30. The summed E-state index contributed by atoms with van der Waals surface area (Å²) in [6, 6.07) is 8.89. The van der Waals surface area contributed by atoms with Gasteiger partial charge in [0.25, 0.3) is 11.6 Å². The van der Waals surface area contributed by atoms with Gasteiger partial charge in [-0.3, -0.25) is 35.9 Å². The van der Waals surface area contributed by atoms with Crippen LogP contribution < -0.4 is 10.9 Å². The van der Waals surface area contributed by atoms with Crippen LogP contribution >= 0.6 is 0 Å². The lowest BCUT2D eigenvalue weighted by atomic mass is 10.2. The maximum absolute atomic E-state index is 11.8. The fourth-order valence-electron chi connectivity index (χ4n) is 1.56. The van der Waals surface area contributed by atoms with Gasteiger partial charge in [-0.2, -0.15) is 0 Å². The summed E-state index contributed by atoms with van der Waals surface area (Å²) in [5.74, 6) is -0.838. The number of nitrogens with zero attached hydrogens (tertiary/aromatic N) is 3. The minimum Gasteiger partial charge on any atom is -0.276 e. The van der Waals surface area contributed by atoms with Gasteiger partial charge in [0.1, 0.15) is 6.20 Å². The van der Waals surface area contributed by atoms with Gasteiger partial charge in [-0.1, -0.05) is 18.2 Å². The Bertz CT molecular complexity index is 734. The first-order valence-electron chi connectivity index (χ1n) is 5.89. The molecule has 22 heavy (non-hydrogen) atoms. The van der Waals surface area contributed by atoms with Crippen LogP contribution in [0.5, 0.6) is 0 Å². The summed E-state index contributed by atoms with van der Waals surface area (Å²) in [5, 5.41) is 21.5. The first-order valence-corrected chi connectivity index (χ1v) is 5.89. The Labute approximate surface area is 123 Å². The van der Waals surface area contributed by atoms with Crippen LogP contribution in [0.2, 0.25) is 0 Å². The standard InChI is InChI=1S/C12H9N5O5/c18-12(8-4-2-1-3-5-8)15-14-11-10(17(21)22)6-9(7-13-11)16(19)20/h1-7H,(H,13,14)(H,15,18). The van der Waals surface area contributed by atoms with Gasteiger partial charge in [0.05, 0.1) is 15.9 Å². The van der Waals surface area contributed by atoms with Crippen LogP contribution in [0, 0.1) is 20.2 Å². The number of rotatable bonds is 5. The second-order valence-corrected chi connectivity index (χ2v) is 4.02. The van der Waals surface area contributed by atoms with E-state index in [-0.39, 0.29) is 5.82 Å². The molecule has 0 bridgehead atoms. The lowest BCUT2D eigenvalue weighted by molar-refractivity contribution is -0.394. The Balaban J connectivity index is 2.17. The Kier molecular flexibility index (Phi) is 4.22. The fraction of sp³-hybridized carbons (Fsp3) is 0. The van der Waals surface area contributed by atoms with Crippen LogP contribution in [0.1, 0.15) is 10.4 Å². The summed E-state index contributed by atoms with van der Waals surface area (Å²) < 4.78 is 0. The molecule has 1 aromatic carbocycles. The van der Waals surface area contributed by atoms with Crippen molar-refractivity contribution < 1.29 is 14.6 Å². The summed E-state index contributed by atoms with van der Waals surface area (Å²) in [4.78, 5) is 35.2. The van der Waals surface area contributed by atoms with E-state index in [1.165, 1.54) is 0 Å². The zero-order valence-corrected chi connectivity index (χ0v) is 10.9. The van der Waals surface area contributed by atoms with E-state index in [9.17, 15) is 25.0 Å². The second-order valence-electron chi connectivity index (χ2n) is 4.02. The molecule has 10 nitrogen and oxygen atoms in total. The fourth-order valence-corrected chi connectivity index (χ4v) is 1.56. The van der Waals surface area contributed by atoms with Gasteiger partial charge >= 0.3 is 5.69 Å². The van der Waals surface area contributed by atoms with Crippen molar-refractivity contribution in [3.63, 3.8) is 0 Å². The molecule has 112 valence electrons. The Morgan fingerprint density at radius 3 is 2.36 bits per heavy atom. The lowest BCUT2D eigenvalue weighted by Gasteiger charge is -2.07. The Morgan fingerprint density at radius 2 is 1.77 bits per heavy atom. The molecule has 0 aliphatic rings. The molecule has 2 rings (SSSR count). The average Bonchev–Trinajstić information content (AvgIpc) is 2.53. The third-order valence-corrected chi connectivity index (χ3v) is 2.59. The highest BCUT2D eigenvalue weighted by molar-refractivity contribution is 5.94. The molecule has 1 aromatic heterocycles. The molecule has 0 saturated heterocycles. The van der Waals surface area contributed by atoms with E-state index < -0.39 is 27.1 Å². The number of aromatic nitrogens is 1. The van der Waals surface area contributed by atoms with Crippen molar-refractivity contribution in [1.82, 2.24) is 10.4 Å². The molecular weight excluding hydrogens is 294 g/mol. The Hall–Kier alpha value is -3.56. The van der Waals surface area contributed by atoms with Crippen molar-refractivity contribution in [3.05, 3.63) is 68.4 Å². The normalized spacial score (nSPS) is 9.82. The summed E-state index contributed by atoms with van der Waals surface area (Å²) >= 11 is 0. The number of hydrogen-bond donors (Lipinski definition) is 2. The van der Waals surface area contributed by atoms with Crippen molar-refractivity contribution >= 4 is 23.1 Å². The predicted octanol–water partition coefficient (Wildman–Crippen LogP) is 1.65. The number of nitro groups is 2. The van der Waals surface area contributed by atoms with E-state index >= 15 is 0 Å². The summed E-state index contributed by atoms with van der Waals surface area (Å²) in [5.41, 5.74) is 3.71. The molecule has 0 unspecified atom stereocenters. The van der Waals surface area contributed by atoms with Gasteiger partial charge < -0.3 is 0 Å². The second kappa shape index (κ2) is 6.26. The molecule has 0 aliphatic heterocycles. The molecular formula is C12H9N5O5. The van der Waals surface area contributed by atoms with Crippen molar-refractivity contribution in [2.24, 2.45) is 0 Å². The number of pyridine rings is 1. The number of hydrogen-bond acceptors (Lipinski definition) is 7. The van der Waals surface area contributed by atoms with Crippen LogP contribution in [0.4, 0.5) is 17.2 Å². The molecule has 1 amide bonds. The number of carbonyl (C=O) groups excluding carboxylic acids is 1. The van der Waals surface area contributed by atoms with Crippen LogP contribution in [-0.4, -0.2) is 20.7 Å². The Morgan fingerprint density at radius 1 is 1.09 bits per heavy atom. The highest BCUT2D eigenvalue weighted by atomic mass is 16.6. The minimum absolute atomic E-state index is 0.306. The van der Waals surface area contributed by atoms with Crippen molar-refractivity contribution in [1.29, 1.82) is 0 Å². The van der Waals surface area contributed by atoms with Crippen LogP contribution in [0.25, 0.3) is 0 Å². The highest BCUT2D eigenvalue weighted by Gasteiger charge is 2.21. The predicted molar refractivity (Wildman–Crippen MR) is 75.1 cm³/mol. The summed E-state index contributed by atoms with van der Waals surface area (Å²) in [7, 11) is 0. The van der Waals surface area contributed by atoms with Crippen LogP contribution in [0.3, 0.4) is 0 Å². The van der Waals surface area contributed by atoms with Crippen molar-refractivity contribution in [3.8, 4) is 0 Å². The molecule has 2 N–H and O–H groups in total. The van der Waals surface area contributed by atoms with E-state index in [1.54, 1.807) is 30.3 Å². The van der Waals surface area contributed by atoms with Gasteiger partial charge in [-0.15, -0.1) is 0 Å². The maximum atomic E-state index is 11.8. The van der Waals surface area contributed by atoms with Crippen molar-refractivity contribution in [2.75, 3.05) is 5.43 Å². The molecule has 0 saturated carbocycles. The topological polar surface area (TPSA) is 140 Å². The first-order chi connectivity index (χ1) is 10.5. The first kappa shape index (κ1) is 14.8. The van der Waals surface area contributed by atoms with E-state index in [1.807, 2.05) is 0 Å². The number of benzene rings is 1. The van der Waals surface area contributed by atoms with Gasteiger partial charge in [0.2, 0.25) is 5.82 Å². The zero-order valence-electron chi connectivity index (χ0n) is 10.9. The van der Waals surface area contributed by atoms with Crippen LogP contribution in [0.15, 0.2) is 42.6 Å². The molecule has 0 radical (unpaired) electrons. The largest absolute Gasteiger partial charge is 0.319 e. The van der Waals surface area contributed by atoms with Gasteiger partial charge in [0, 0.05) is 5.56 Å². The molecule has 0 spiro atoms. The average molecular weight is 303 g/mol. The zero-order chi connectivity index (χ0) is 16.1. The minimum atomic E-state index is -0.836. The molecule has 2 aromatic rings. The molecule has 10 heteroatoms. The van der Waals surface area contributed by atoms with Crippen molar-refractivity contribution in [2.45, 2.75) is 0 Å². The summed E-state index contributed by atoms with van der Waals surface area (Å²) in [6.45, 7) is 0. The monoisotopic (exact) mass is 303 g/mol. The number of anilines is 1. The van der Waals surface area contributed by atoms with E-state index in [0.29, 0.717) is 5.56 Å². The number of hydrazine groups is 1. The molecule has 0 atom stereocenters. The number of amides is 1. The smallest absolute Gasteiger partial charge is 0.276 e. The third-order valence-electron chi connectivity index (χ3n) is 2.59. The van der Waals surface area contributed by atoms with Gasteiger partial charge in [0.15, 0.2) is 0 Å². The van der Waals surface area contributed by atoms with Crippen LogP contribution in [-0.2, 0) is 0 Å². The molecule has 0 fully saturated rings. The van der Waals surface area contributed by atoms with E-state index in [4.69, 9.17) is 0 Å². The molecule has 1 heterocycles. The molecule has 0 aliphatic carbocycles. The van der Waals surface area contributed by atoms with E-state index in [2.05, 4.69) is 15.8 Å². The summed E-state index contributed by atoms with van der Waals surface area (Å²) in [6.07, 6.45) is 0.851. The number of carbonyl (C=O) groups is 1. The van der Waals surface area contributed by atoms with E-state index in [0.717, 1.165) is 12.3 Å². The quantitative estimate of drug-likeness (QED) is 0.632. The SMILES string of the molecule is O=C(NNc1ncc([N+](=O)[O-])cc1[N+](=O)[O-])c1ccccc1. The van der Waals surface area contributed by atoms with Gasteiger partial charge in [-0.05, 0) is 12.1 Å². The maximum Gasteiger partial charge on any atom is 0.319 e. The third kappa shape index (κ3) is 3.30. The number of nitrogens with one attached hydrogen (secondary N) is 2. The highest BCUT2D eigenvalue weighted by Crippen LogP contribution is 2.25.